The molecule has 0 aromatic rings. The third-order valence-electron chi connectivity index (χ3n) is 6.87. The number of carboxylic acids is 4. The van der Waals surface area contributed by atoms with Gasteiger partial charge in [0, 0.05) is 32.7 Å². The second-order valence-electron chi connectivity index (χ2n) is 10.9. The number of amides is 1. The second kappa shape index (κ2) is 25.9. The Bertz CT molecular complexity index is 766. The third-order valence-corrected chi connectivity index (χ3v) is 6.87. The van der Waals surface area contributed by atoms with Gasteiger partial charge in [0.05, 0.1) is 32.7 Å². The number of aliphatic carboxylic acids is 4. The van der Waals surface area contributed by atoms with Crippen molar-refractivity contribution in [2.75, 3.05) is 65.4 Å². The second-order valence-corrected chi connectivity index (χ2v) is 10.9. The van der Waals surface area contributed by atoms with Crippen LogP contribution in [0, 0.1) is 0 Å². The maximum Gasteiger partial charge on any atom is 0.317 e. The summed E-state index contributed by atoms with van der Waals surface area (Å²) < 4.78 is 0. The van der Waals surface area contributed by atoms with Crippen molar-refractivity contribution in [2.45, 2.75) is 90.4 Å². The summed E-state index contributed by atoms with van der Waals surface area (Å²) in [6.45, 7) is 0.967. The Kier molecular flexibility index (Phi) is 24.2. The Morgan fingerprint density at radius 1 is 0.452 bits per heavy atom. The molecule has 0 saturated heterocycles. The first-order valence-electron chi connectivity index (χ1n) is 15.3. The molecule has 5 N–H and O–H groups in total. The Morgan fingerprint density at radius 3 is 1.14 bits per heavy atom. The first-order chi connectivity index (χ1) is 20.0. The van der Waals surface area contributed by atoms with Crippen molar-refractivity contribution in [2.24, 2.45) is 0 Å². The predicted molar refractivity (Wildman–Crippen MR) is 159 cm³/mol. The van der Waals surface area contributed by atoms with Crippen molar-refractivity contribution >= 4 is 29.8 Å². The zero-order valence-corrected chi connectivity index (χ0v) is 25.4. The quantitative estimate of drug-likeness (QED) is 0.0757. The maximum absolute atomic E-state index is 12.4. The largest absolute Gasteiger partial charge is 0.480 e. The molecule has 0 fully saturated rings. The molecule has 13 nitrogen and oxygen atoms in total. The van der Waals surface area contributed by atoms with E-state index in [4.69, 9.17) is 10.2 Å². The highest BCUT2D eigenvalue weighted by Crippen LogP contribution is 2.12. The number of nitrogens with one attached hydrogen (secondary N) is 1. The fourth-order valence-electron chi connectivity index (χ4n) is 4.66. The highest BCUT2D eigenvalue weighted by molar-refractivity contribution is 5.79. The van der Waals surface area contributed by atoms with Gasteiger partial charge in [-0.05, 0) is 6.42 Å². The average Bonchev–Trinajstić information content (AvgIpc) is 2.88. The first kappa shape index (κ1) is 39.2. The molecule has 0 heterocycles. The van der Waals surface area contributed by atoms with Gasteiger partial charge in [0.15, 0.2) is 0 Å². The Balaban J connectivity index is 4.39. The molecule has 42 heavy (non-hydrogen) atoms. The minimum atomic E-state index is -1.21. The minimum Gasteiger partial charge on any atom is -0.480 e. The molecular weight excluding hydrogens is 548 g/mol. The van der Waals surface area contributed by atoms with E-state index in [9.17, 15) is 34.2 Å². The number of carbonyl (C=O) groups is 5. The average molecular weight is 603 g/mol. The molecule has 0 spiro atoms. The van der Waals surface area contributed by atoms with Crippen LogP contribution in [0.3, 0.4) is 0 Å². The molecule has 0 aromatic carbocycles. The van der Waals surface area contributed by atoms with Crippen LogP contribution in [-0.2, 0) is 24.0 Å². The van der Waals surface area contributed by atoms with Gasteiger partial charge in [0.1, 0.15) is 0 Å². The SMILES string of the molecule is CCCCCCCCCCCCCCCNC(=O)CN(CCN(CCN(CC(=O)O)CC(=O)O)CC(=O)O)CC(=O)O. The summed E-state index contributed by atoms with van der Waals surface area (Å²) >= 11 is 0. The molecule has 0 aliphatic carbocycles. The smallest absolute Gasteiger partial charge is 0.317 e. The number of carbonyl (C=O) groups excluding carboxylic acids is 1. The predicted octanol–water partition coefficient (Wildman–Crippen LogP) is 2.44. The van der Waals surface area contributed by atoms with Crippen LogP contribution >= 0.6 is 0 Å². The number of carboxylic acid groups (broad SMARTS) is 4. The third kappa shape index (κ3) is 26.1. The zero-order valence-electron chi connectivity index (χ0n) is 25.4. The summed E-state index contributed by atoms with van der Waals surface area (Å²) in [5, 5.41) is 39.3. The lowest BCUT2D eigenvalue weighted by Gasteiger charge is -2.27. The van der Waals surface area contributed by atoms with Gasteiger partial charge in [-0.2, -0.15) is 0 Å². The van der Waals surface area contributed by atoms with Gasteiger partial charge in [-0.3, -0.25) is 38.7 Å². The molecule has 0 unspecified atom stereocenters. The summed E-state index contributed by atoms with van der Waals surface area (Å²) in [4.78, 5) is 61.1. The normalized spacial score (nSPS) is 11.3. The van der Waals surface area contributed by atoms with E-state index >= 15 is 0 Å². The van der Waals surface area contributed by atoms with Gasteiger partial charge in [0.25, 0.3) is 0 Å². The molecular formula is C29H54N4O9. The van der Waals surface area contributed by atoms with E-state index in [2.05, 4.69) is 12.2 Å². The van der Waals surface area contributed by atoms with Gasteiger partial charge in [-0.15, -0.1) is 0 Å². The van der Waals surface area contributed by atoms with Gasteiger partial charge < -0.3 is 25.7 Å². The minimum absolute atomic E-state index is 0.00950. The van der Waals surface area contributed by atoms with E-state index in [0.717, 1.165) is 19.3 Å². The number of rotatable bonds is 30. The summed E-state index contributed by atoms with van der Waals surface area (Å²) in [5.74, 6) is -5.00. The molecule has 1 amide bonds. The van der Waals surface area contributed by atoms with Crippen molar-refractivity contribution in [3.8, 4) is 0 Å². The number of hydrogen-bond donors (Lipinski definition) is 5. The van der Waals surface area contributed by atoms with E-state index in [-0.39, 0.29) is 38.6 Å². The van der Waals surface area contributed by atoms with Crippen LogP contribution in [0.5, 0.6) is 0 Å². The lowest BCUT2D eigenvalue weighted by atomic mass is 10.0. The molecule has 0 aliphatic heterocycles. The van der Waals surface area contributed by atoms with Gasteiger partial charge in [0.2, 0.25) is 5.91 Å². The Morgan fingerprint density at radius 2 is 0.762 bits per heavy atom. The standard InChI is InChI=1S/C29H54N4O9/c1-2-3-4-5-6-7-8-9-10-11-12-13-14-15-30-25(34)20-32(22-27(37)38)18-16-31(21-26(35)36)17-19-33(23-28(39)40)24-29(41)42/h2-24H2,1H3,(H,30,34)(H,35,36)(H,37,38)(H,39,40)(H,41,42). The summed E-state index contributed by atoms with van der Waals surface area (Å²) in [7, 11) is 0. The molecule has 0 aromatic heterocycles. The number of hydrogen-bond acceptors (Lipinski definition) is 8. The molecule has 0 saturated carbocycles. The molecule has 0 aliphatic rings. The van der Waals surface area contributed by atoms with Crippen molar-refractivity contribution in [3.63, 3.8) is 0 Å². The Hall–Kier alpha value is -2.77. The molecule has 0 rings (SSSR count). The fourth-order valence-corrected chi connectivity index (χ4v) is 4.66. The number of unbranched alkanes of at least 4 members (excludes halogenated alkanes) is 12. The van der Waals surface area contributed by atoms with Gasteiger partial charge >= 0.3 is 23.9 Å². The highest BCUT2D eigenvalue weighted by Gasteiger charge is 2.19. The Labute approximate surface area is 250 Å². The van der Waals surface area contributed by atoms with Crippen LogP contribution in [0.4, 0.5) is 0 Å². The monoisotopic (exact) mass is 602 g/mol. The van der Waals surface area contributed by atoms with E-state index in [1.807, 2.05) is 0 Å². The zero-order chi connectivity index (χ0) is 31.6. The number of nitrogens with zero attached hydrogens (tertiary/aromatic N) is 3. The summed E-state index contributed by atoms with van der Waals surface area (Å²) in [6.07, 6.45) is 16.0. The van der Waals surface area contributed by atoms with Crippen LogP contribution < -0.4 is 5.32 Å². The van der Waals surface area contributed by atoms with Crippen LogP contribution in [0.1, 0.15) is 90.4 Å². The van der Waals surface area contributed by atoms with E-state index in [0.29, 0.717) is 6.54 Å². The van der Waals surface area contributed by atoms with Crippen LogP contribution in [0.15, 0.2) is 0 Å². The molecule has 0 atom stereocenters. The van der Waals surface area contributed by atoms with Crippen molar-refractivity contribution in [1.82, 2.24) is 20.0 Å². The van der Waals surface area contributed by atoms with Crippen molar-refractivity contribution < 1.29 is 44.4 Å². The summed E-state index contributed by atoms with van der Waals surface area (Å²) in [6, 6.07) is 0. The molecule has 13 heteroatoms. The first-order valence-corrected chi connectivity index (χ1v) is 15.3. The van der Waals surface area contributed by atoms with Crippen LogP contribution in [0.2, 0.25) is 0 Å². The summed E-state index contributed by atoms with van der Waals surface area (Å²) in [5.41, 5.74) is 0. The van der Waals surface area contributed by atoms with Crippen molar-refractivity contribution in [3.05, 3.63) is 0 Å². The molecule has 0 radical (unpaired) electrons. The van der Waals surface area contributed by atoms with Crippen molar-refractivity contribution in [1.29, 1.82) is 0 Å². The van der Waals surface area contributed by atoms with E-state index in [1.54, 1.807) is 0 Å². The topological polar surface area (TPSA) is 188 Å². The van der Waals surface area contributed by atoms with E-state index < -0.39 is 50.1 Å². The fraction of sp³-hybridized carbons (Fsp3) is 0.828. The van der Waals surface area contributed by atoms with Gasteiger partial charge in [-0.25, -0.2) is 0 Å². The lowest BCUT2D eigenvalue weighted by molar-refractivity contribution is -0.143. The molecule has 0 bridgehead atoms. The molecule has 244 valence electrons. The lowest BCUT2D eigenvalue weighted by Crippen LogP contribution is -2.46. The van der Waals surface area contributed by atoms with E-state index in [1.165, 1.54) is 78.9 Å². The highest BCUT2D eigenvalue weighted by atomic mass is 16.4. The van der Waals surface area contributed by atoms with Crippen LogP contribution in [0.25, 0.3) is 0 Å². The van der Waals surface area contributed by atoms with Gasteiger partial charge in [-0.1, -0.05) is 84.0 Å². The van der Waals surface area contributed by atoms with Crippen LogP contribution in [-0.4, -0.2) is 130 Å². The maximum atomic E-state index is 12.4.